The van der Waals surface area contributed by atoms with E-state index in [9.17, 15) is 5.21 Å². The van der Waals surface area contributed by atoms with Crippen molar-refractivity contribution in [1.29, 1.82) is 0 Å². The second kappa shape index (κ2) is 2.67. The van der Waals surface area contributed by atoms with E-state index in [4.69, 9.17) is 0 Å². The van der Waals surface area contributed by atoms with Crippen LogP contribution in [0.25, 0.3) is 0 Å². The summed E-state index contributed by atoms with van der Waals surface area (Å²) in [7, 11) is 1.83. The van der Waals surface area contributed by atoms with E-state index in [-0.39, 0.29) is 16.7 Å². The summed E-state index contributed by atoms with van der Waals surface area (Å²) < 4.78 is 0.111. The van der Waals surface area contributed by atoms with Gasteiger partial charge in [-0.05, 0) is 27.7 Å². The molecule has 9 heavy (non-hydrogen) atoms. The van der Waals surface area contributed by atoms with Crippen molar-refractivity contribution in [3.63, 3.8) is 0 Å². The Labute approximate surface area is 57.6 Å². The minimum Gasteiger partial charge on any atom is -0.217 e. The fourth-order valence-corrected chi connectivity index (χ4v) is 0.596. The number of rotatable bonds is 2. The Morgan fingerprint density at radius 3 is 1.22 bits per heavy atom. The van der Waals surface area contributed by atoms with Gasteiger partial charge in [0, 0.05) is 0 Å². The van der Waals surface area contributed by atoms with E-state index in [1.165, 1.54) is 0 Å². The Balaban J connectivity index is 4.01. The molecule has 0 spiro atoms. The summed E-state index contributed by atoms with van der Waals surface area (Å²) in [6.07, 6.45) is 0. The third-order valence-electron chi connectivity index (χ3n) is 2.09. The second-order valence-electron chi connectivity index (χ2n) is 3.28. The molecule has 0 aromatic rings. The molecule has 0 aliphatic heterocycles. The molecule has 2 nitrogen and oxygen atoms in total. The molecule has 56 valence electrons. The van der Waals surface area contributed by atoms with Gasteiger partial charge in [0.2, 0.25) is 0 Å². The van der Waals surface area contributed by atoms with Crippen LogP contribution in [0, 0.1) is 0 Å². The van der Waals surface area contributed by atoms with Crippen LogP contribution in [0.1, 0.15) is 27.7 Å². The molecular weight excluding hydrogens is 114 g/mol. The summed E-state index contributed by atoms with van der Waals surface area (Å²) in [4.78, 5) is 0. The minimum absolute atomic E-state index is 0.111. The molecular formula is C7H18NO+. The molecule has 0 atom stereocenters. The minimum atomic E-state index is 0.111. The molecule has 0 saturated heterocycles. The topological polar surface area (TPSA) is 20.2 Å². The van der Waals surface area contributed by atoms with Crippen LogP contribution in [0.3, 0.4) is 0 Å². The molecule has 0 aromatic carbocycles. The van der Waals surface area contributed by atoms with Crippen molar-refractivity contribution in [3.05, 3.63) is 0 Å². The van der Waals surface area contributed by atoms with E-state index < -0.39 is 0 Å². The Bertz CT molecular complexity index is 76.9. The fourth-order valence-electron chi connectivity index (χ4n) is 0.596. The average Bonchev–Trinajstić information content (AvgIpc) is 1.65. The first-order valence-corrected chi connectivity index (χ1v) is 3.47. The van der Waals surface area contributed by atoms with Crippen molar-refractivity contribution >= 4 is 0 Å². The molecule has 0 heterocycles. The molecule has 0 radical (unpaired) electrons. The quantitative estimate of drug-likeness (QED) is 0.447. The molecule has 0 aromatic heterocycles. The Kier molecular flexibility index (Phi) is 2.65. The number of nitrogens with zero attached hydrogens (tertiary/aromatic N) is 1. The molecule has 0 rings (SSSR count). The maximum absolute atomic E-state index is 9.61. The van der Waals surface area contributed by atoms with Gasteiger partial charge in [-0.25, -0.2) is 5.21 Å². The SMILES string of the molecule is CC(C)[N+](C)(O)C(C)C. The third kappa shape index (κ3) is 1.95. The van der Waals surface area contributed by atoms with Gasteiger partial charge in [0.15, 0.2) is 0 Å². The van der Waals surface area contributed by atoms with Crippen LogP contribution in [0.5, 0.6) is 0 Å². The molecule has 0 unspecified atom stereocenters. The van der Waals surface area contributed by atoms with E-state index in [2.05, 4.69) is 0 Å². The zero-order valence-electron chi connectivity index (χ0n) is 7.05. The molecule has 2 heteroatoms. The molecule has 0 aliphatic rings. The Hall–Kier alpha value is -0.0800. The predicted octanol–water partition coefficient (Wildman–Crippen LogP) is 1.64. The summed E-state index contributed by atoms with van der Waals surface area (Å²) in [5, 5.41) is 9.61. The summed E-state index contributed by atoms with van der Waals surface area (Å²) >= 11 is 0. The van der Waals surface area contributed by atoms with Gasteiger partial charge < -0.3 is 0 Å². The van der Waals surface area contributed by atoms with Gasteiger partial charge in [0.1, 0.15) is 12.1 Å². The standard InChI is InChI=1S/C7H18NO/c1-6(2)8(5,9)7(3)4/h6-7,9H,1-5H3/q+1. The highest BCUT2D eigenvalue weighted by Gasteiger charge is 2.27. The third-order valence-corrected chi connectivity index (χ3v) is 2.09. The van der Waals surface area contributed by atoms with Crippen molar-refractivity contribution in [2.45, 2.75) is 39.8 Å². The first kappa shape index (κ1) is 8.92. The van der Waals surface area contributed by atoms with Gasteiger partial charge in [-0.2, -0.15) is 4.65 Å². The van der Waals surface area contributed by atoms with Crippen LogP contribution in [-0.2, 0) is 0 Å². The van der Waals surface area contributed by atoms with Crippen LogP contribution < -0.4 is 0 Å². The summed E-state index contributed by atoms with van der Waals surface area (Å²) in [5.74, 6) is 0. The van der Waals surface area contributed by atoms with Crippen LogP contribution >= 0.6 is 0 Å². The molecule has 0 amide bonds. The molecule has 0 fully saturated rings. The van der Waals surface area contributed by atoms with Gasteiger partial charge >= 0.3 is 0 Å². The number of hydrogen-bond acceptors (Lipinski definition) is 1. The van der Waals surface area contributed by atoms with Gasteiger partial charge in [-0.15, -0.1) is 0 Å². The zero-order valence-corrected chi connectivity index (χ0v) is 7.05. The largest absolute Gasteiger partial charge is 0.217 e. The molecule has 0 aliphatic carbocycles. The summed E-state index contributed by atoms with van der Waals surface area (Å²) in [6.45, 7) is 8.06. The number of hydroxylamine groups is 3. The van der Waals surface area contributed by atoms with E-state index in [0.717, 1.165) is 0 Å². The molecule has 0 bridgehead atoms. The molecule has 1 N–H and O–H groups in total. The van der Waals surface area contributed by atoms with Crippen LogP contribution in [0.2, 0.25) is 0 Å². The van der Waals surface area contributed by atoms with Crippen molar-refractivity contribution in [1.82, 2.24) is 0 Å². The maximum Gasteiger partial charge on any atom is 0.113 e. The predicted molar refractivity (Wildman–Crippen MR) is 38.2 cm³/mol. The first-order valence-electron chi connectivity index (χ1n) is 3.47. The summed E-state index contributed by atoms with van der Waals surface area (Å²) in [5.41, 5.74) is 0. The Morgan fingerprint density at radius 2 is 1.22 bits per heavy atom. The van der Waals surface area contributed by atoms with E-state index in [0.29, 0.717) is 0 Å². The van der Waals surface area contributed by atoms with Crippen LogP contribution in [0.15, 0.2) is 0 Å². The van der Waals surface area contributed by atoms with Crippen molar-refractivity contribution in [2.24, 2.45) is 0 Å². The van der Waals surface area contributed by atoms with Crippen molar-refractivity contribution in [2.75, 3.05) is 7.05 Å². The number of quaternary nitrogens is 1. The van der Waals surface area contributed by atoms with Crippen LogP contribution in [0.4, 0.5) is 0 Å². The van der Waals surface area contributed by atoms with Gasteiger partial charge in [0.05, 0.1) is 7.05 Å². The lowest BCUT2D eigenvalue weighted by molar-refractivity contribution is -1.12. The monoisotopic (exact) mass is 132 g/mol. The lowest BCUT2D eigenvalue weighted by Crippen LogP contribution is -2.51. The van der Waals surface area contributed by atoms with Crippen molar-refractivity contribution in [3.8, 4) is 0 Å². The lowest BCUT2D eigenvalue weighted by atomic mass is 10.2. The highest BCUT2D eigenvalue weighted by Crippen LogP contribution is 2.10. The smallest absolute Gasteiger partial charge is 0.113 e. The van der Waals surface area contributed by atoms with Gasteiger partial charge in [0.25, 0.3) is 0 Å². The zero-order chi connectivity index (χ0) is 7.65. The summed E-state index contributed by atoms with van der Waals surface area (Å²) in [6, 6.07) is 0.565. The number of hydrogen-bond donors (Lipinski definition) is 1. The van der Waals surface area contributed by atoms with Gasteiger partial charge in [-0.1, -0.05) is 0 Å². The lowest BCUT2D eigenvalue weighted by Gasteiger charge is -2.33. The Morgan fingerprint density at radius 1 is 1.00 bits per heavy atom. The fraction of sp³-hybridized carbons (Fsp3) is 1.00. The average molecular weight is 132 g/mol. The maximum atomic E-state index is 9.61. The highest BCUT2D eigenvalue weighted by molar-refractivity contribution is 4.40. The van der Waals surface area contributed by atoms with Crippen molar-refractivity contribution < 1.29 is 9.85 Å². The highest BCUT2D eigenvalue weighted by atomic mass is 16.5. The second-order valence-corrected chi connectivity index (χ2v) is 3.28. The van der Waals surface area contributed by atoms with E-state index >= 15 is 0 Å². The van der Waals surface area contributed by atoms with E-state index in [1.807, 2.05) is 34.7 Å². The first-order chi connectivity index (χ1) is 3.89. The van der Waals surface area contributed by atoms with Crippen LogP contribution in [-0.4, -0.2) is 29.0 Å². The van der Waals surface area contributed by atoms with E-state index in [1.54, 1.807) is 0 Å². The van der Waals surface area contributed by atoms with Gasteiger partial charge in [-0.3, -0.25) is 0 Å². The normalized spacial score (nSPS) is 13.3. The molecule has 0 saturated carbocycles.